The molecule has 0 aliphatic heterocycles. The average Bonchev–Trinajstić information content (AvgIpc) is 2.63. The molecule has 0 radical (unpaired) electrons. The number of nitrogens with zero attached hydrogens (tertiary/aromatic N) is 1. The molecule has 0 spiro atoms. The molecule has 0 bridgehead atoms. The second kappa shape index (κ2) is 6.21. The normalized spacial score (nSPS) is 10.7. The van der Waals surface area contributed by atoms with Crippen molar-refractivity contribution in [3.05, 3.63) is 103 Å². The Morgan fingerprint density at radius 3 is 1.96 bits per heavy atom. The zero-order valence-corrected chi connectivity index (χ0v) is 13.7. The van der Waals surface area contributed by atoms with Crippen LogP contribution in [0, 0.1) is 6.92 Å². The Labute approximate surface area is 142 Å². The average molecular weight is 309 g/mol. The maximum Gasteiger partial charge on any atom is 0.0468 e. The minimum atomic E-state index is 1.17. The van der Waals surface area contributed by atoms with Gasteiger partial charge in [-0.25, -0.2) is 0 Å². The summed E-state index contributed by atoms with van der Waals surface area (Å²) in [6.07, 6.45) is 0. The highest BCUT2D eigenvalue weighted by Crippen LogP contribution is 2.35. The third kappa shape index (κ3) is 2.77. The first-order chi connectivity index (χ1) is 11.8. The van der Waals surface area contributed by atoms with Crippen molar-refractivity contribution in [3.8, 4) is 0 Å². The molecule has 0 fully saturated rings. The van der Waals surface area contributed by atoms with Crippen LogP contribution >= 0.6 is 0 Å². The molecule has 0 saturated heterocycles. The molecule has 0 atom stereocenters. The van der Waals surface area contributed by atoms with E-state index in [0.29, 0.717) is 0 Å². The Kier molecular flexibility index (Phi) is 3.76. The Hall–Kier alpha value is -3.06. The van der Waals surface area contributed by atoms with Crippen molar-refractivity contribution < 1.29 is 0 Å². The number of rotatable bonds is 3. The molecule has 24 heavy (non-hydrogen) atoms. The molecule has 4 rings (SSSR count). The molecule has 0 saturated carbocycles. The topological polar surface area (TPSA) is 3.24 Å². The standard InChI is InChI=1S/C23H19N/c1-18-8-7-13-22(16-18)24(21-11-3-2-4-12-21)23-15-14-19-9-5-6-10-20(19)17-23/h2-17H,1H3. The van der Waals surface area contributed by atoms with Gasteiger partial charge in [-0.05, 0) is 59.7 Å². The summed E-state index contributed by atoms with van der Waals surface area (Å²) in [5.74, 6) is 0. The van der Waals surface area contributed by atoms with E-state index < -0.39 is 0 Å². The van der Waals surface area contributed by atoms with Gasteiger partial charge in [0, 0.05) is 17.1 Å². The summed E-state index contributed by atoms with van der Waals surface area (Å²) in [7, 11) is 0. The van der Waals surface area contributed by atoms with Crippen LogP contribution in [0.3, 0.4) is 0 Å². The predicted octanol–water partition coefficient (Wildman–Crippen LogP) is 6.62. The van der Waals surface area contributed by atoms with Crippen molar-refractivity contribution in [2.24, 2.45) is 0 Å². The maximum absolute atomic E-state index is 2.30. The van der Waals surface area contributed by atoms with Crippen LogP contribution in [0.1, 0.15) is 5.56 Å². The van der Waals surface area contributed by atoms with Gasteiger partial charge >= 0.3 is 0 Å². The van der Waals surface area contributed by atoms with Crippen molar-refractivity contribution in [2.75, 3.05) is 4.90 Å². The molecular weight excluding hydrogens is 290 g/mol. The van der Waals surface area contributed by atoms with Crippen molar-refractivity contribution in [2.45, 2.75) is 6.92 Å². The Bertz CT molecular complexity index is 973. The lowest BCUT2D eigenvalue weighted by molar-refractivity contribution is 1.28. The Morgan fingerprint density at radius 1 is 0.500 bits per heavy atom. The number of hydrogen-bond donors (Lipinski definition) is 0. The van der Waals surface area contributed by atoms with Crippen molar-refractivity contribution in [3.63, 3.8) is 0 Å². The molecule has 0 unspecified atom stereocenters. The summed E-state index contributed by atoms with van der Waals surface area (Å²) in [4.78, 5) is 2.30. The highest BCUT2D eigenvalue weighted by atomic mass is 15.1. The molecule has 0 N–H and O–H groups in total. The highest BCUT2D eigenvalue weighted by Gasteiger charge is 2.12. The molecule has 0 aliphatic rings. The van der Waals surface area contributed by atoms with Crippen LogP contribution in [0.25, 0.3) is 10.8 Å². The summed E-state index contributed by atoms with van der Waals surface area (Å²) in [6, 6.07) is 34.3. The van der Waals surface area contributed by atoms with E-state index in [1.807, 2.05) is 0 Å². The van der Waals surface area contributed by atoms with Gasteiger partial charge in [0.1, 0.15) is 0 Å². The van der Waals surface area contributed by atoms with E-state index in [1.165, 1.54) is 33.4 Å². The molecule has 4 aromatic carbocycles. The number of hydrogen-bond acceptors (Lipinski definition) is 1. The van der Waals surface area contributed by atoms with E-state index in [0.717, 1.165) is 0 Å². The van der Waals surface area contributed by atoms with Gasteiger partial charge in [0.15, 0.2) is 0 Å². The number of aryl methyl sites for hydroxylation is 1. The lowest BCUT2D eigenvalue weighted by atomic mass is 10.1. The SMILES string of the molecule is Cc1cccc(N(c2ccccc2)c2ccc3ccccc3c2)c1. The fourth-order valence-electron chi connectivity index (χ4n) is 3.11. The smallest absolute Gasteiger partial charge is 0.0468 e. The van der Waals surface area contributed by atoms with E-state index >= 15 is 0 Å². The zero-order valence-electron chi connectivity index (χ0n) is 13.7. The van der Waals surface area contributed by atoms with Crippen molar-refractivity contribution in [1.29, 1.82) is 0 Å². The van der Waals surface area contributed by atoms with Crippen molar-refractivity contribution in [1.82, 2.24) is 0 Å². The summed E-state index contributed by atoms with van der Waals surface area (Å²) >= 11 is 0. The second-order valence-electron chi connectivity index (χ2n) is 6.04. The van der Waals surface area contributed by atoms with Gasteiger partial charge in [-0.1, -0.05) is 60.7 Å². The molecule has 4 aromatic rings. The molecule has 1 heteroatoms. The number of benzene rings is 4. The van der Waals surface area contributed by atoms with E-state index in [-0.39, 0.29) is 0 Å². The number of para-hydroxylation sites is 1. The first kappa shape index (κ1) is 14.5. The fraction of sp³-hybridized carbons (Fsp3) is 0.0435. The van der Waals surface area contributed by atoms with Crippen LogP contribution in [0.4, 0.5) is 17.1 Å². The summed E-state index contributed by atoms with van der Waals surface area (Å²) < 4.78 is 0. The van der Waals surface area contributed by atoms with Crippen LogP contribution in [0.2, 0.25) is 0 Å². The zero-order chi connectivity index (χ0) is 16.4. The predicted molar refractivity (Wildman–Crippen MR) is 103 cm³/mol. The van der Waals surface area contributed by atoms with Crippen LogP contribution < -0.4 is 4.90 Å². The lowest BCUT2D eigenvalue weighted by Crippen LogP contribution is -2.09. The van der Waals surface area contributed by atoms with Gasteiger partial charge < -0.3 is 4.90 Å². The third-order valence-electron chi connectivity index (χ3n) is 4.27. The van der Waals surface area contributed by atoms with E-state index in [2.05, 4.69) is 109 Å². The van der Waals surface area contributed by atoms with Crippen LogP contribution in [0.5, 0.6) is 0 Å². The monoisotopic (exact) mass is 309 g/mol. The van der Waals surface area contributed by atoms with E-state index in [9.17, 15) is 0 Å². The number of fused-ring (bicyclic) bond motifs is 1. The van der Waals surface area contributed by atoms with Crippen LogP contribution in [-0.2, 0) is 0 Å². The third-order valence-corrected chi connectivity index (χ3v) is 4.27. The van der Waals surface area contributed by atoms with Gasteiger partial charge in [-0.2, -0.15) is 0 Å². The molecular formula is C23H19N. The molecule has 0 aromatic heterocycles. The molecule has 1 nitrogen and oxygen atoms in total. The molecule has 0 aliphatic carbocycles. The van der Waals surface area contributed by atoms with Crippen molar-refractivity contribution >= 4 is 27.8 Å². The minimum Gasteiger partial charge on any atom is -0.310 e. The lowest BCUT2D eigenvalue weighted by Gasteiger charge is -2.26. The molecule has 116 valence electrons. The van der Waals surface area contributed by atoms with Gasteiger partial charge in [-0.3, -0.25) is 0 Å². The quantitative estimate of drug-likeness (QED) is 0.411. The maximum atomic E-state index is 2.30. The summed E-state index contributed by atoms with van der Waals surface area (Å²) in [5, 5.41) is 2.52. The highest BCUT2D eigenvalue weighted by molar-refractivity contribution is 5.89. The van der Waals surface area contributed by atoms with Gasteiger partial charge in [0.2, 0.25) is 0 Å². The van der Waals surface area contributed by atoms with Gasteiger partial charge in [-0.15, -0.1) is 0 Å². The van der Waals surface area contributed by atoms with Crippen LogP contribution in [0.15, 0.2) is 97.1 Å². The first-order valence-electron chi connectivity index (χ1n) is 8.22. The summed E-state index contributed by atoms with van der Waals surface area (Å²) in [6.45, 7) is 2.13. The summed E-state index contributed by atoms with van der Waals surface area (Å²) in [5.41, 5.74) is 4.77. The van der Waals surface area contributed by atoms with E-state index in [1.54, 1.807) is 0 Å². The number of anilines is 3. The van der Waals surface area contributed by atoms with Gasteiger partial charge in [0.25, 0.3) is 0 Å². The Morgan fingerprint density at radius 2 is 1.17 bits per heavy atom. The van der Waals surface area contributed by atoms with E-state index in [4.69, 9.17) is 0 Å². The molecule has 0 amide bonds. The largest absolute Gasteiger partial charge is 0.310 e. The fourth-order valence-corrected chi connectivity index (χ4v) is 3.11. The molecule has 0 heterocycles. The Balaban J connectivity index is 1.91. The first-order valence-corrected chi connectivity index (χ1v) is 8.22. The van der Waals surface area contributed by atoms with Crippen LogP contribution in [-0.4, -0.2) is 0 Å². The second-order valence-corrected chi connectivity index (χ2v) is 6.04. The minimum absolute atomic E-state index is 1.17. The van der Waals surface area contributed by atoms with Gasteiger partial charge in [0.05, 0.1) is 0 Å².